The van der Waals surface area contributed by atoms with Gasteiger partial charge in [-0.1, -0.05) is 137 Å². The maximum Gasteiger partial charge on any atom is 0.305 e. The van der Waals surface area contributed by atoms with Crippen molar-refractivity contribution in [2.45, 2.75) is 233 Å². The minimum Gasteiger partial charge on any atom is -0.466 e. The monoisotopic (exact) mass is 814 g/mol. The first kappa shape index (κ1) is 55.7. The maximum absolute atomic E-state index is 12.1. The Morgan fingerprint density at radius 3 is 1.30 bits per heavy atom. The number of hydrogen-bond donors (Lipinski definition) is 3. The van der Waals surface area contributed by atoms with Gasteiger partial charge in [0.05, 0.1) is 31.5 Å². The third-order valence-corrected chi connectivity index (χ3v) is 11.2. The lowest BCUT2D eigenvalue weighted by atomic mass is 9.97. The molecule has 3 N–H and O–H groups in total. The molecule has 2 unspecified atom stereocenters. The number of nitrogens with zero attached hydrogens (tertiary/aromatic N) is 1. The van der Waals surface area contributed by atoms with Crippen molar-refractivity contribution in [3.8, 4) is 0 Å². The van der Waals surface area contributed by atoms with Crippen LogP contribution in [0.1, 0.15) is 215 Å². The topological polar surface area (TPSA) is 126 Å². The Kier molecular flexibility index (Phi) is 39.3. The van der Waals surface area contributed by atoms with Crippen molar-refractivity contribution in [3.63, 3.8) is 0 Å². The van der Waals surface area contributed by atoms with Gasteiger partial charge in [-0.05, 0) is 89.8 Å². The molecule has 0 aliphatic heterocycles. The van der Waals surface area contributed by atoms with Gasteiger partial charge >= 0.3 is 11.9 Å². The molecule has 0 aliphatic carbocycles. The van der Waals surface area contributed by atoms with Crippen LogP contribution in [0.4, 0.5) is 0 Å². The number of carbonyl (C=O) groups is 2. The van der Waals surface area contributed by atoms with E-state index in [9.17, 15) is 24.9 Å². The fraction of sp³-hybridized carbons (Fsp3) is 0.958. The lowest BCUT2D eigenvalue weighted by Gasteiger charge is -2.25. The van der Waals surface area contributed by atoms with E-state index in [2.05, 4.69) is 32.6 Å². The van der Waals surface area contributed by atoms with Gasteiger partial charge in [-0.25, -0.2) is 0 Å². The van der Waals surface area contributed by atoms with Crippen molar-refractivity contribution in [1.82, 2.24) is 4.90 Å². The molecule has 9 nitrogen and oxygen atoms in total. The highest BCUT2D eigenvalue weighted by molar-refractivity contribution is 5.69. The lowest BCUT2D eigenvalue weighted by molar-refractivity contribution is -0.144. The van der Waals surface area contributed by atoms with Gasteiger partial charge in [-0.15, -0.1) is 0 Å². The van der Waals surface area contributed by atoms with E-state index in [0.29, 0.717) is 39.1 Å². The fourth-order valence-electron chi connectivity index (χ4n) is 7.25. The second kappa shape index (κ2) is 40.2. The molecular weight excluding hydrogens is 719 g/mol. The molecule has 0 aliphatic rings. The molecule has 0 saturated carbocycles. The first-order valence-corrected chi connectivity index (χ1v) is 24.1. The summed E-state index contributed by atoms with van der Waals surface area (Å²) in [7, 11) is 0. The summed E-state index contributed by atoms with van der Waals surface area (Å²) in [6.07, 6.45) is 26.7. The second-order valence-electron chi connectivity index (χ2n) is 18.1. The zero-order valence-corrected chi connectivity index (χ0v) is 38.3. The average Bonchev–Trinajstić information content (AvgIpc) is 3.17. The van der Waals surface area contributed by atoms with E-state index in [-0.39, 0.29) is 30.6 Å². The molecule has 57 heavy (non-hydrogen) atoms. The summed E-state index contributed by atoms with van der Waals surface area (Å²) in [5, 5.41) is 29.7. The van der Waals surface area contributed by atoms with E-state index in [1.807, 2.05) is 6.92 Å². The SMILES string of the molecule is CC(C)CCCCCCCOC(=O)CCCCCCCN(CCCCCCCC(=O)OCCCCCCCC(C)C)CCCCOC(C)C[C@@H](O)C(O)[C@H](C)CO. The zero-order chi connectivity index (χ0) is 42.4. The van der Waals surface area contributed by atoms with Gasteiger partial charge in [0.25, 0.3) is 0 Å². The summed E-state index contributed by atoms with van der Waals surface area (Å²) in [6.45, 7) is 17.5. The first-order chi connectivity index (χ1) is 27.5. The highest BCUT2D eigenvalue weighted by Gasteiger charge is 2.24. The minimum absolute atomic E-state index is 0.0436. The van der Waals surface area contributed by atoms with Crippen LogP contribution in [-0.2, 0) is 23.8 Å². The summed E-state index contributed by atoms with van der Waals surface area (Å²) in [5.41, 5.74) is 0. The third kappa shape index (κ3) is 38.7. The van der Waals surface area contributed by atoms with E-state index in [0.717, 1.165) is 121 Å². The summed E-state index contributed by atoms with van der Waals surface area (Å²) < 4.78 is 16.9. The van der Waals surface area contributed by atoms with Gasteiger partial charge in [0.1, 0.15) is 0 Å². The first-order valence-electron chi connectivity index (χ1n) is 24.1. The minimum atomic E-state index is -0.953. The predicted molar refractivity (Wildman–Crippen MR) is 236 cm³/mol. The number of carbonyl (C=O) groups excluding carboxylic acids is 2. The number of aliphatic hydroxyl groups excluding tert-OH is 3. The summed E-state index contributed by atoms with van der Waals surface area (Å²) >= 11 is 0. The molecule has 340 valence electrons. The molecule has 0 spiro atoms. The summed E-state index contributed by atoms with van der Waals surface area (Å²) in [5.74, 6) is 1.12. The number of esters is 2. The molecule has 9 heteroatoms. The van der Waals surface area contributed by atoms with Gasteiger partial charge in [-0.2, -0.15) is 0 Å². The number of unbranched alkanes of at least 4 members (excludes halogenated alkanes) is 17. The molecule has 0 saturated heterocycles. The molecule has 0 fully saturated rings. The van der Waals surface area contributed by atoms with Crippen LogP contribution in [0.25, 0.3) is 0 Å². The molecule has 0 aromatic heterocycles. The number of ether oxygens (including phenoxy) is 3. The van der Waals surface area contributed by atoms with Crippen molar-refractivity contribution in [2.24, 2.45) is 17.8 Å². The number of hydrogen-bond acceptors (Lipinski definition) is 9. The average molecular weight is 814 g/mol. The number of rotatable bonds is 43. The smallest absolute Gasteiger partial charge is 0.305 e. The van der Waals surface area contributed by atoms with Crippen molar-refractivity contribution in [3.05, 3.63) is 0 Å². The van der Waals surface area contributed by atoms with Crippen LogP contribution in [0.5, 0.6) is 0 Å². The highest BCUT2D eigenvalue weighted by Crippen LogP contribution is 2.16. The van der Waals surface area contributed by atoms with Crippen molar-refractivity contribution in [1.29, 1.82) is 0 Å². The predicted octanol–water partition coefficient (Wildman–Crippen LogP) is 11.0. The van der Waals surface area contributed by atoms with E-state index in [1.54, 1.807) is 6.92 Å². The van der Waals surface area contributed by atoms with Crippen LogP contribution in [0.3, 0.4) is 0 Å². The second-order valence-corrected chi connectivity index (χ2v) is 18.1. The molecule has 0 aromatic carbocycles. The van der Waals surface area contributed by atoms with Crippen molar-refractivity contribution < 1.29 is 39.1 Å². The molecule has 4 atom stereocenters. The van der Waals surface area contributed by atoms with Gasteiger partial charge in [0, 0.05) is 38.4 Å². The Hall–Kier alpha value is -1.26. The molecule has 0 rings (SSSR count). The quantitative estimate of drug-likeness (QED) is 0.0407. The number of aliphatic hydroxyl groups is 3. The van der Waals surface area contributed by atoms with E-state index in [1.165, 1.54) is 64.2 Å². The van der Waals surface area contributed by atoms with Crippen molar-refractivity contribution in [2.75, 3.05) is 46.1 Å². The third-order valence-electron chi connectivity index (χ3n) is 11.2. The normalized spacial score (nSPS) is 14.0. The van der Waals surface area contributed by atoms with Crippen LogP contribution in [0, 0.1) is 17.8 Å². The van der Waals surface area contributed by atoms with Crippen LogP contribution < -0.4 is 0 Å². The summed E-state index contributed by atoms with van der Waals surface area (Å²) in [6, 6.07) is 0. The Morgan fingerprint density at radius 1 is 0.491 bits per heavy atom. The van der Waals surface area contributed by atoms with Crippen LogP contribution >= 0.6 is 0 Å². The van der Waals surface area contributed by atoms with E-state index < -0.39 is 12.2 Å². The Labute approximate surface area is 352 Å². The van der Waals surface area contributed by atoms with Crippen molar-refractivity contribution >= 4 is 11.9 Å². The Morgan fingerprint density at radius 2 is 0.860 bits per heavy atom. The maximum atomic E-state index is 12.1. The van der Waals surface area contributed by atoms with E-state index >= 15 is 0 Å². The van der Waals surface area contributed by atoms with Crippen LogP contribution in [0.15, 0.2) is 0 Å². The molecule has 0 amide bonds. The Bertz CT molecular complexity index is 836. The van der Waals surface area contributed by atoms with Crippen LogP contribution in [-0.4, -0.2) is 96.5 Å². The molecule has 0 radical (unpaired) electrons. The van der Waals surface area contributed by atoms with Gasteiger partial charge in [0.2, 0.25) is 0 Å². The molecule has 0 heterocycles. The lowest BCUT2D eigenvalue weighted by Crippen LogP contribution is -2.36. The molecule has 0 bridgehead atoms. The highest BCUT2D eigenvalue weighted by atomic mass is 16.5. The van der Waals surface area contributed by atoms with E-state index in [4.69, 9.17) is 14.2 Å². The van der Waals surface area contributed by atoms with Gasteiger partial charge in [0.15, 0.2) is 0 Å². The standard InChI is InChI=1S/C48H95NO8/c1-41(2)29-19-11-9-17-26-37-56-46(52)31-21-13-7-15-23-33-49(35-25-28-36-55-44(6)39-45(51)48(54)43(5)40-50)34-24-16-8-14-22-32-47(53)57-38-27-18-10-12-20-30-42(3)4/h41-45,48,50-51,54H,7-40H2,1-6H3/t43-,44?,45-,48?/m1/s1. The fourth-order valence-corrected chi connectivity index (χ4v) is 7.25. The largest absolute Gasteiger partial charge is 0.466 e. The summed E-state index contributed by atoms with van der Waals surface area (Å²) in [4.78, 5) is 26.9. The molecular formula is C48H95NO8. The van der Waals surface area contributed by atoms with Gasteiger partial charge in [-0.3, -0.25) is 9.59 Å². The Balaban J connectivity index is 4.30. The molecule has 0 aromatic rings. The zero-order valence-electron chi connectivity index (χ0n) is 38.3. The van der Waals surface area contributed by atoms with Gasteiger partial charge < -0.3 is 34.4 Å². The van der Waals surface area contributed by atoms with Crippen LogP contribution in [0.2, 0.25) is 0 Å².